The summed E-state index contributed by atoms with van der Waals surface area (Å²) in [7, 11) is 3.16. The van der Waals surface area contributed by atoms with Crippen LogP contribution in [0.3, 0.4) is 0 Å². The average molecular weight is 392 g/mol. The number of benzene rings is 2. The number of nitrogens with one attached hydrogen (secondary N) is 2. The van der Waals surface area contributed by atoms with Crippen molar-refractivity contribution in [3.8, 4) is 11.5 Å². The fourth-order valence-electron chi connectivity index (χ4n) is 2.91. The Bertz CT molecular complexity index is 1020. The number of anilines is 2. The first-order valence-electron chi connectivity index (χ1n) is 9.15. The van der Waals surface area contributed by atoms with Gasteiger partial charge in [0.05, 0.1) is 14.2 Å². The molecule has 3 rings (SSSR count). The van der Waals surface area contributed by atoms with Gasteiger partial charge in [0.2, 0.25) is 0 Å². The molecule has 3 aromatic rings. The van der Waals surface area contributed by atoms with Gasteiger partial charge in [-0.05, 0) is 43.2 Å². The van der Waals surface area contributed by atoms with E-state index in [1.165, 1.54) is 11.9 Å². The van der Waals surface area contributed by atoms with E-state index in [0.717, 1.165) is 16.8 Å². The molecule has 0 aliphatic heterocycles. The highest BCUT2D eigenvalue weighted by molar-refractivity contribution is 5.93. The van der Waals surface area contributed by atoms with E-state index in [9.17, 15) is 4.79 Å². The Morgan fingerprint density at radius 3 is 2.48 bits per heavy atom. The number of amides is 1. The van der Waals surface area contributed by atoms with Crippen LogP contribution in [0.5, 0.6) is 11.5 Å². The monoisotopic (exact) mass is 392 g/mol. The van der Waals surface area contributed by atoms with Crippen molar-refractivity contribution in [1.82, 2.24) is 15.3 Å². The number of aromatic nitrogens is 2. The number of methoxy groups -OCH3 is 2. The van der Waals surface area contributed by atoms with Crippen molar-refractivity contribution in [2.24, 2.45) is 0 Å². The summed E-state index contributed by atoms with van der Waals surface area (Å²) in [6.45, 7) is 4.40. The molecule has 29 heavy (non-hydrogen) atoms. The number of hydrogen-bond acceptors (Lipinski definition) is 6. The predicted molar refractivity (Wildman–Crippen MR) is 112 cm³/mol. The molecule has 0 aliphatic rings. The molecule has 0 saturated heterocycles. The number of hydrogen-bond donors (Lipinski definition) is 2. The lowest BCUT2D eigenvalue weighted by Gasteiger charge is -2.11. The van der Waals surface area contributed by atoms with Gasteiger partial charge in [0.15, 0.2) is 11.5 Å². The Labute approximate surface area is 170 Å². The maximum atomic E-state index is 12.5. The van der Waals surface area contributed by atoms with Crippen LogP contribution < -0.4 is 20.1 Å². The van der Waals surface area contributed by atoms with Crippen LogP contribution in [0.15, 0.2) is 48.8 Å². The lowest BCUT2D eigenvalue weighted by Crippen LogP contribution is -2.24. The van der Waals surface area contributed by atoms with E-state index in [1.54, 1.807) is 26.4 Å². The highest BCUT2D eigenvalue weighted by Gasteiger charge is 2.11. The van der Waals surface area contributed by atoms with Gasteiger partial charge >= 0.3 is 0 Å². The maximum absolute atomic E-state index is 12.5. The second-order valence-electron chi connectivity index (χ2n) is 6.60. The fraction of sp³-hybridized carbons (Fsp3) is 0.227. The number of rotatable bonds is 7. The molecule has 0 atom stereocenters. The Morgan fingerprint density at radius 1 is 0.966 bits per heavy atom. The summed E-state index contributed by atoms with van der Waals surface area (Å²) in [5, 5.41) is 6.10. The van der Waals surface area contributed by atoms with Crippen LogP contribution in [0.25, 0.3) is 0 Å². The highest BCUT2D eigenvalue weighted by Crippen LogP contribution is 2.27. The van der Waals surface area contributed by atoms with Crippen LogP contribution in [0.4, 0.5) is 11.5 Å². The summed E-state index contributed by atoms with van der Waals surface area (Å²) < 4.78 is 10.5. The van der Waals surface area contributed by atoms with Gasteiger partial charge in [0.1, 0.15) is 17.8 Å². The van der Waals surface area contributed by atoms with E-state index in [1.807, 2.05) is 38.1 Å². The molecule has 0 fully saturated rings. The Morgan fingerprint density at radius 2 is 1.76 bits per heavy atom. The first kappa shape index (κ1) is 20.1. The molecular formula is C22H24N4O3. The van der Waals surface area contributed by atoms with Crippen molar-refractivity contribution in [1.29, 1.82) is 0 Å². The number of aryl methyl sites for hydroxylation is 2. The Kier molecular flexibility index (Phi) is 6.29. The van der Waals surface area contributed by atoms with E-state index in [4.69, 9.17) is 9.47 Å². The second kappa shape index (κ2) is 9.05. The number of ether oxygens (including phenoxy) is 2. The van der Waals surface area contributed by atoms with Crippen molar-refractivity contribution < 1.29 is 14.3 Å². The minimum absolute atomic E-state index is 0.285. The molecular weight excluding hydrogens is 368 g/mol. The minimum Gasteiger partial charge on any atom is -0.493 e. The quantitative estimate of drug-likeness (QED) is 0.636. The summed E-state index contributed by atoms with van der Waals surface area (Å²) in [4.78, 5) is 20.8. The number of nitrogens with zero attached hydrogens (tertiary/aromatic N) is 2. The van der Waals surface area contributed by atoms with Gasteiger partial charge in [-0.25, -0.2) is 9.97 Å². The molecule has 150 valence electrons. The first-order valence-corrected chi connectivity index (χ1v) is 9.15. The molecule has 0 bridgehead atoms. The van der Waals surface area contributed by atoms with Gasteiger partial charge < -0.3 is 20.1 Å². The molecule has 0 spiro atoms. The van der Waals surface area contributed by atoms with Gasteiger partial charge in [-0.2, -0.15) is 0 Å². The van der Waals surface area contributed by atoms with Gasteiger partial charge in [0, 0.05) is 18.3 Å². The zero-order chi connectivity index (χ0) is 20.8. The normalized spacial score (nSPS) is 10.3. The van der Waals surface area contributed by atoms with Gasteiger partial charge in [-0.3, -0.25) is 4.79 Å². The van der Waals surface area contributed by atoms with E-state index in [-0.39, 0.29) is 11.6 Å². The summed E-state index contributed by atoms with van der Waals surface area (Å²) in [5.41, 5.74) is 4.39. The van der Waals surface area contributed by atoms with Crippen molar-refractivity contribution in [3.63, 3.8) is 0 Å². The molecule has 2 aromatic carbocycles. The summed E-state index contributed by atoms with van der Waals surface area (Å²) in [5.74, 6) is 1.52. The summed E-state index contributed by atoms with van der Waals surface area (Å²) in [6, 6.07) is 13.2. The molecule has 7 nitrogen and oxygen atoms in total. The summed E-state index contributed by atoms with van der Waals surface area (Å²) in [6.07, 6.45) is 1.37. The standard InChI is InChI=1S/C22H24N4O3/c1-14-5-7-17(15(2)9-14)26-21-11-18(24-13-25-21)22(27)23-12-16-6-8-19(28-3)20(10-16)29-4/h5-11,13H,12H2,1-4H3,(H,23,27)(H,24,25,26). The zero-order valence-corrected chi connectivity index (χ0v) is 16.9. The van der Waals surface area contributed by atoms with E-state index >= 15 is 0 Å². The predicted octanol–water partition coefficient (Wildman–Crippen LogP) is 3.78. The van der Waals surface area contributed by atoms with Crippen LogP contribution in [-0.2, 0) is 6.54 Å². The smallest absolute Gasteiger partial charge is 0.270 e. The van der Waals surface area contributed by atoms with Crippen molar-refractivity contribution in [2.45, 2.75) is 20.4 Å². The third-order valence-electron chi connectivity index (χ3n) is 4.45. The van der Waals surface area contributed by atoms with Crippen LogP contribution in [0.1, 0.15) is 27.2 Å². The molecule has 0 aliphatic carbocycles. The van der Waals surface area contributed by atoms with Gasteiger partial charge in [-0.15, -0.1) is 0 Å². The van der Waals surface area contributed by atoms with E-state index < -0.39 is 0 Å². The maximum Gasteiger partial charge on any atom is 0.270 e. The van der Waals surface area contributed by atoms with Crippen LogP contribution in [0, 0.1) is 13.8 Å². The van der Waals surface area contributed by atoms with Crippen molar-refractivity contribution in [2.75, 3.05) is 19.5 Å². The van der Waals surface area contributed by atoms with E-state index in [0.29, 0.717) is 23.9 Å². The number of carbonyl (C=O) groups is 1. The third kappa shape index (κ3) is 5.01. The Hall–Kier alpha value is -3.61. The molecule has 2 N–H and O–H groups in total. The molecule has 1 amide bonds. The fourth-order valence-corrected chi connectivity index (χ4v) is 2.91. The van der Waals surface area contributed by atoms with Crippen LogP contribution in [-0.4, -0.2) is 30.1 Å². The summed E-state index contributed by atoms with van der Waals surface area (Å²) >= 11 is 0. The van der Waals surface area contributed by atoms with Crippen LogP contribution in [0.2, 0.25) is 0 Å². The Balaban J connectivity index is 1.68. The van der Waals surface area contributed by atoms with Gasteiger partial charge in [-0.1, -0.05) is 23.8 Å². The molecule has 0 saturated carbocycles. The largest absolute Gasteiger partial charge is 0.493 e. The SMILES string of the molecule is COc1ccc(CNC(=O)c2cc(Nc3ccc(C)cc3C)ncn2)cc1OC. The molecule has 0 unspecified atom stereocenters. The van der Waals surface area contributed by atoms with Gasteiger partial charge in [0.25, 0.3) is 5.91 Å². The lowest BCUT2D eigenvalue weighted by molar-refractivity contribution is 0.0945. The van der Waals surface area contributed by atoms with Crippen molar-refractivity contribution in [3.05, 3.63) is 71.2 Å². The second-order valence-corrected chi connectivity index (χ2v) is 6.60. The minimum atomic E-state index is -0.286. The molecule has 1 aromatic heterocycles. The highest BCUT2D eigenvalue weighted by atomic mass is 16.5. The van der Waals surface area contributed by atoms with Crippen LogP contribution >= 0.6 is 0 Å². The van der Waals surface area contributed by atoms with Crippen molar-refractivity contribution >= 4 is 17.4 Å². The molecule has 0 radical (unpaired) electrons. The molecule has 7 heteroatoms. The average Bonchev–Trinajstić information content (AvgIpc) is 2.74. The third-order valence-corrected chi connectivity index (χ3v) is 4.45. The number of carbonyl (C=O) groups excluding carboxylic acids is 1. The zero-order valence-electron chi connectivity index (χ0n) is 16.9. The molecule has 1 heterocycles. The first-order chi connectivity index (χ1) is 14.0. The van der Waals surface area contributed by atoms with E-state index in [2.05, 4.69) is 26.7 Å². The topological polar surface area (TPSA) is 85.4 Å². The lowest BCUT2D eigenvalue weighted by atomic mass is 10.1.